The first kappa shape index (κ1) is 15.9. The van der Waals surface area contributed by atoms with E-state index in [9.17, 15) is 4.39 Å². The minimum Gasteiger partial charge on any atom is -0.494 e. The largest absolute Gasteiger partial charge is 0.494 e. The average molecular weight is 308 g/mol. The van der Waals surface area contributed by atoms with Gasteiger partial charge in [0, 0.05) is 16.5 Å². The molecule has 0 aliphatic rings. The number of nitrogens with zero attached hydrogens (tertiary/aromatic N) is 1. The zero-order valence-electron chi connectivity index (χ0n) is 12.9. The third-order valence-electron chi connectivity index (χ3n) is 3.32. The van der Waals surface area contributed by atoms with Crippen molar-refractivity contribution in [2.75, 3.05) is 13.7 Å². The van der Waals surface area contributed by atoms with Crippen LogP contribution in [0.5, 0.6) is 5.75 Å². The standard InChI is InChI=1S/C16H21FN2OS/c1-5-8-18-10(2)15-11(3)19-16(21-15)12-6-7-13(17)14(9-12)20-4/h6-7,9-10,18H,5,8H2,1-4H3. The molecule has 1 unspecified atom stereocenters. The molecule has 1 N–H and O–H groups in total. The van der Waals surface area contributed by atoms with Crippen LogP contribution in [0.3, 0.4) is 0 Å². The maximum atomic E-state index is 13.5. The minimum atomic E-state index is -0.354. The van der Waals surface area contributed by atoms with Crippen molar-refractivity contribution in [2.45, 2.75) is 33.2 Å². The van der Waals surface area contributed by atoms with Crippen LogP contribution in [-0.4, -0.2) is 18.6 Å². The maximum absolute atomic E-state index is 13.5. The van der Waals surface area contributed by atoms with E-state index in [1.807, 2.05) is 6.92 Å². The molecule has 0 saturated heterocycles. The van der Waals surface area contributed by atoms with Crippen LogP contribution in [-0.2, 0) is 0 Å². The van der Waals surface area contributed by atoms with Crippen molar-refractivity contribution in [3.8, 4) is 16.3 Å². The van der Waals surface area contributed by atoms with Gasteiger partial charge in [-0.2, -0.15) is 0 Å². The molecule has 0 aliphatic carbocycles. The summed E-state index contributed by atoms with van der Waals surface area (Å²) in [6, 6.07) is 5.13. The number of thiazole rings is 1. The number of nitrogens with one attached hydrogen (secondary N) is 1. The van der Waals surface area contributed by atoms with Crippen molar-refractivity contribution < 1.29 is 9.13 Å². The monoisotopic (exact) mass is 308 g/mol. The van der Waals surface area contributed by atoms with Crippen LogP contribution in [0.1, 0.15) is 36.9 Å². The molecule has 0 bridgehead atoms. The van der Waals surface area contributed by atoms with Gasteiger partial charge in [0.25, 0.3) is 0 Å². The fraction of sp³-hybridized carbons (Fsp3) is 0.438. The molecule has 1 heterocycles. The highest BCUT2D eigenvalue weighted by molar-refractivity contribution is 7.15. The summed E-state index contributed by atoms with van der Waals surface area (Å²) in [5.41, 5.74) is 1.91. The summed E-state index contributed by atoms with van der Waals surface area (Å²) >= 11 is 1.64. The second kappa shape index (κ2) is 7.00. The zero-order valence-corrected chi connectivity index (χ0v) is 13.7. The maximum Gasteiger partial charge on any atom is 0.165 e. The van der Waals surface area contributed by atoms with E-state index in [1.54, 1.807) is 23.5 Å². The summed E-state index contributed by atoms with van der Waals surface area (Å²) < 4.78 is 18.5. The first-order valence-electron chi connectivity index (χ1n) is 7.11. The van der Waals surface area contributed by atoms with Crippen LogP contribution in [0.25, 0.3) is 10.6 Å². The predicted molar refractivity (Wildman–Crippen MR) is 85.5 cm³/mol. The van der Waals surface area contributed by atoms with Gasteiger partial charge in [0.2, 0.25) is 0 Å². The quantitative estimate of drug-likeness (QED) is 0.862. The molecular weight excluding hydrogens is 287 g/mol. The lowest BCUT2D eigenvalue weighted by Gasteiger charge is -2.11. The topological polar surface area (TPSA) is 34.1 Å². The van der Waals surface area contributed by atoms with Gasteiger partial charge in [-0.25, -0.2) is 9.37 Å². The Morgan fingerprint density at radius 2 is 2.19 bits per heavy atom. The van der Waals surface area contributed by atoms with E-state index in [-0.39, 0.29) is 17.6 Å². The number of rotatable bonds is 6. The van der Waals surface area contributed by atoms with Crippen LogP contribution in [0.4, 0.5) is 4.39 Å². The van der Waals surface area contributed by atoms with E-state index in [0.717, 1.165) is 29.2 Å². The number of methoxy groups -OCH3 is 1. The number of aryl methyl sites for hydroxylation is 1. The summed E-state index contributed by atoms with van der Waals surface area (Å²) in [7, 11) is 1.47. The normalized spacial score (nSPS) is 12.4. The van der Waals surface area contributed by atoms with Crippen molar-refractivity contribution >= 4 is 11.3 Å². The fourth-order valence-electron chi connectivity index (χ4n) is 2.18. The van der Waals surface area contributed by atoms with Crippen molar-refractivity contribution in [3.05, 3.63) is 34.6 Å². The van der Waals surface area contributed by atoms with Gasteiger partial charge in [-0.3, -0.25) is 0 Å². The van der Waals surface area contributed by atoms with Gasteiger partial charge in [0.05, 0.1) is 12.8 Å². The molecule has 0 aliphatic heterocycles. The van der Waals surface area contributed by atoms with Crippen LogP contribution >= 0.6 is 11.3 Å². The van der Waals surface area contributed by atoms with E-state index < -0.39 is 0 Å². The Bertz CT molecular complexity index is 612. The Balaban J connectivity index is 2.29. The molecule has 114 valence electrons. The lowest BCUT2D eigenvalue weighted by molar-refractivity contribution is 0.387. The van der Waals surface area contributed by atoms with Crippen molar-refractivity contribution in [1.82, 2.24) is 10.3 Å². The molecule has 5 heteroatoms. The van der Waals surface area contributed by atoms with E-state index in [0.29, 0.717) is 0 Å². The number of aromatic nitrogens is 1. The molecule has 0 amide bonds. The summed E-state index contributed by atoms with van der Waals surface area (Å²) in [6.45, 7) is 7.29. The molecule has 0 saturated carbocycles. The fourth-order valence-corrected chi connectivity index (χ4v) is 3.27. The lowest BCUT2D eigenvalue weighted by Crippen LogP contribution is -2.18. The second-order valence-corrected chi connectivity index (χ2v) is 6.02. The minimum absolute atomic E-state index is 0.249. The lowest BCUT2D eigenvalue weighted by atomic mass is 10.2. The van der Waals surface area contributed by atoms with E-state index in [1.165, 1.54) is 18.1 Å². The van der Waals surface area contributed by atoms with E-state index in [4.69, 9.17) is 4.74 Å². The third-order valence-corrected chi connectivity index (χ3v) is 4.71. The third kappa shape index (κ3) is 3.60. The molecule has 1 atom stereocenters. The summed E-state index contributed by atoms with van der Waals surface area (Å²) in [4.78, 5) is 5.84. The highest BCUT2D eigenvalue weighted by Crippen LogP contribution is 2.33. The van der Waals surface area contributed by atoms with Gasteiger partial charge in [-0.05, 0) is 45.0 Å². The van der Waals surface area contributed by atoms with Crippen LogP contribution in [0.2, 0.25) is 0 Å². The van der Waals surface area contributed by atoms with Gasteiger partial charge in [-0.15, -0.1) is 11.3 Å². The van der Waals surface area contributed by atoms with Crippen molar-refractivity contribution in [1.29, 1.82) is 0 Å². The predicted octanol–water partition coefficient (Wildman–Crippen LogP) is 4.33. The van der Waals surface area contributed by atoms with Gasteiger partial charge in [0.1, 0.15) is 5.01 Å². The van der Waals surface area contributed by atoms with Crippen molar-refractivity contribution in [3.63, 3.8) is 0 Å². The number of hydrogen-bond donors (Lipinski definition) is 1. The molecule has 2 rings (SSSR count). The van der Waals surface area contributed by atoms with Gasteiger partial charge in [-0.1, -0.05) is 6.92 Å². The highest BCUT2D eigenvalue weighted by Gasteiger charge is 2.15. The summed E-state index contributed by atoms with van der Waals surface area (Å²) in [5.74, 6) is -0.105. The van der Waals surface area contributed by atoms with Gasteiger partial charge in [0.15, 0.2) is 11.6 Å². The zero-order chi connectivity index (χ0) is 15.4. The molecule has 0 radical (unpaired) electrons. The van der Waals surface area contributed by atoms with E-state index >= 15 is 0 Å². The van der Waals surface area contributed by atoms with Crippen LogP contribution < -0.4 is 10.1 Å². The highest BCUT2D eigenvalue weighted by atomic mass is 32.1. The molecular formula is C16H21FN2OS. The summed E-state index contributed by atoms with van der Waals surface area (Å²) in [6.07, 6.45) is 1.10. The molecule has 21 heavy (non-hydrogen) atoms. The Morgan fingerprint density at radius 1 is 1.43 bits per heavy atom. The molecule has 2 aromatic rings. The SMILES string of the molecule is CCCNC(C)c1sc(-c2ccc(F)c(OC)c2)nc1C. The molecule has 0 spiro atoms. The van der Waals surface area contributed by atoms with Crippen LogP contribution in [0.15, 0.2) is 18.2 Å². The van der Waals surface area contributed by atoms with Gasteiger partial charge >= 0.3 is 0 Å². The Morgan fingerprint density at radius 3 is 2.86 bits per heavy atom. The molecule has 3 nitrogen and oxygen atoms in total. The number of hydrogen-bond acceptors (Lipinski definition) is 4. The molecule has 1 aromatic heterocycles. The molecule has 0 fully saturated rings. The number of ether oxygens (including phenoxy) is 1. The first-order valence-corrected chi connectivity index (χ1v) is 7.93. The second-order valence-electron chi connectivity index (χ2n) is 4.99. The van der Waals surface area contributed by atoms with E-state index in [2.05, 4.69) is 24.1 Å². The first-order chi connectivity index (χ1) is 10.1. The Hall–Kier alpha value is -1.46. The Kier molecular flexibility index (Phi) is 5.31. The van der Waals surface area contributed by atoms with Crippen LogP contribution in [0, 0.1) is 12.7 Å². The molecule has 1 aromatic carbocycles. The van der Waals surface area contributed by atoms with Crippen molar-refractivity contribution in [2.24, 2.45) is 0 Å². The number of halogens is 1. The average Bonchev–Trinajstić information content (AvgIpc) is 2.87. The summed E-state index contributed by atoms with van der Waals surface area (Å²) in [5, 5.41) is 4.37. The van der Waals surface area contributed by atoms with Gasteiger partial charge < -0.3 is 10.1 Å². The smallest absolute Gasteiger partial charge is 0.165 e. The number of benzene rings is 1. The Labute approximate surface area is 129 Å².